The van der Waals surface area contributed by atoms with E-state index >= 15 is 0 Å². The number of amides is 1. The van der Waals surface area contributed by atoms with Crippen molar-refractivity contribution in [3.8, 4) is 0 Å². The van der Waals surface area contributed by atoms with Crippen molar-refractivity contribution in [3.63, 3.8) is 0 Å². The lowest BCUT2D eigenvalue weighted by molar-refractivity contribution is -0.152. The Morgan fingerprint density at radius 3 is 2.39 bits per heavy atom. The molecule has 0 aliphatic heterocycles. The molecule has 0 saturated heterocycles. The van der Waals surface area contributed by atoms with Crippen molar-refractivity contribution in [1.29, 1.82) is 0 Å². The zero-order valence-corrected chi connectivity index (χ0v) is 13.9. The van der Waals surface area contributed by atoms with Gasteiger partial charge in [-0.2, -0.15) is 0 Å². The number of benzene rings is 1. The molecule has 1 aliphatic rings. The average molecular weight is 317 g/mol. The standard InChI is InChI=1S/C19H27NO3/c1-2-3-13-20(14-15-9-5-4-6-10-15)18(21)16-11-7-8-12-17(16)19(22)23/h4-6,9-10,16-17H,2-3,7-8,11-14H2,1H3,(H,22,23)/t16-,17-/m0/s1. The van der Waals surface area contributed by atoms with Crippen LogP contribution in [0.3, 0.4) is 0 Å². The summed E-state index contributed by atoms with van der Waals surface area (Å²) in [5.74, 6) is -1.68. The van der Waals surface area contributed by atoms with Crippen molar-refractivity contribution in [1.82, 2.24) is 4.90 Å². The van der Waals surface area contributed by atoms with Gasteiger partial charge in [-0.05, 0) is 24.8 Å². The van der Waals surface area contributed by atoms with E-state index < -0.39 is 11.9 Å². The van der Waals surface area contributed by atoms with Gasteiger partial charge in [0, 0.05) is 13.1 Å². The van der Waals surface area contributed by atoms with E-state index in [1.54, 1.807) is 0 Å². The molecular weight excluding hydrogens is 290 g/mol. The highest BCUT2D eigenvalue weighted by molar-refractivity contribution is 5.85. The first-order chi connectivity index (χ1) is 11.1. The van der Waals surface area contributed by atoms with E-state index in [9.17, 15) is 14.7 Å². The molecule has 0 heterocycles. The van der Waals surface area contributed by atoms with Gasteiger partial charge in [-0.25, -0.2) is 0 Å². The SMILES string of the molecule is CCCCN(Cc1ccccc1)C(=O)[C@H]1CCCC[C@@H]1C(=O)O. The Morgan fingerprint density at radius 1 is 1.13 bits per heavy atom. The van der Waals surface area contributed by atoms with Gasteiger partial charge >= 0.3 is 5.97 Å². The third-order valence-electron chi connectivity index (χ3n) is 4.71. The number of unbranched alkanes of at least 4 members (excludes halogenated alkanes) is 1. The summed E-state index contributed by atoms with van der Waals surface area (Å²) in [6.07, 6.45) is 5.15. The molecular formula is C19H27NO3. The van der Waals surface area contributed by atoms with Crippen molar-refractivity contribution in [2.45, 2.75) is 52.0 Å². The number of hydrogen-bond acceptors (Lipinski definition) is 2. The maximum absolute atomic E-state index is 13.0. The lowest BCUT2D eigenvalue weighted by Crippen LogP contribution is -2.42. The summed E-state index contributed by atoms with van der Waals surface area (Å²) >= 11 is 0. The van der Waals surface area contributed by atoms with E-state index in [1.807, 2.05) is 35.2 Å². The predicted octanol–water partition coefficient (Wildman–Crippen LogP) is 3.71. The first-order valence-corrected chi connectivity index (χ1v) is 8.69. The van der Waals surface area contributed by atoms with Gasteiger partial charge in [0.2, 0.25) is 5.91 Å². The Bertz CT molecular complexity index is 515. The van der Waals surface area contributed by atoms with Gasteiger partial charge in [0.1, 0.15) is 0 Å². The number of hydrogen-bond donors (Lipinski definition) is 1. The Balaban J connectivity index is 2.12. The molecule has 23 heavy (non-hydrogen) atoms. The van der Waals surface area contributed by atoms with E-state index in [1.165, 1.54) is 0 Å². The number of carboxylic acid groups (broad SMARTS) is 1. The second-order valence-corrected chi connectivity index (χ2v) is 6.43. The van der Waals surface area contributed by atoms with Gasteiger partial charge in [0.15, 0.2) is 0 Å². The molecule has 1 aromatic rings. The molecule has 1 amide bonds. The molecule has 0 unspecified atom stereocenters. The van der Waals surface area contributed by atoms with E-state index in [0.29, 0.717) is 25.9 Å². The molecule has 126 valence electrons. The second-order valence-electron chi connectivity index (χ2n) is 6.43. The quantitative estimate of drug-likeness (QED) is 0.834. The second kappa shape index (κ2) is 8.70. The van der Waals surface area contributed by atoms with E-state index in [-0.39, 0.29) is 11.8 Å². The molecule has 1 saturated carbocycles. The number of rotatable bonds is 7. The predicted molar refractivity (Wildman–Crippen MR) is 89.9 cm³/mol. The first kappa shape index (κ1) is 17.5. The van der Waals surface area contributed by atoms with Crippen LogP contribution in [-0.2, 0) is 16.1 Å². The minimum atomic E-state index is -0.821. The van der Waals surface area contributed by atoms with Crippen LogP contribution >= 0.6 is 0 Å². The number of carbonyl (C=O) groups excluding carboxylic acids is 1. The zero-order chi connectivity index (χ0) is 16.7. The molecule has 2 rings (SSSR count). The van der Waals surface area contributed by atoms with E-state index in [4.69, 9.17) is 0 Å². The molecule has 1 aromatic carbocycles. The van der Waals surface area contributed by atoms with Crippen LogP contribution in [0, 0.1) is 11.8 Å². The molecule has 1 aliphatic carbocycles. The van der Waals surface area contributed by atoms with Crippen LogP contribution in [0.4, 0.5) is 0 Å². The third-order valence-corrected chi connectivity index (χ3v) is 4.71. The maximum atomic E-state index is 13.0. The number of nitrogens with zero attached hydrogens (tertiary/aromatic N) is 1. The fourth-order valence-corrected chi connectivity index (χ4v) is 3.38. The Hall–Kier alpha value is -1.84. The van der Waals surface area contributed by atoms with Crippen LogP contribution in [0.1, 0.15) is 51.0 Å². The van der Waals surface area contributed by atoms with Crippen molar-refractivity contribution in [2.75, 3.05) is 6.54 Å². The monoisotopic (exact) mass is 317 g/mol. The zero-order valence-electron chi connectivity index (χ0n) is 13.9. The Labute approximate surface area is 138 Å². The molecule has 4 heteroatoms. The van der Waals surface area contributed by atoms with Gasteiger partial charge < -0.3 is 10.0 Å². The minimum absolute atomic E-state index is 0.0226. The summed E-state index contributed by atoms with van der Waals surface area (Å²) in [4.78, 5) is 26.3. The normalized spacial score (nSPS) is 20.9. The molecule has 0 aromatic heterocycles. The van der Waals surface area contributed by atoms with Gasteiger partial charge in [-0.15, -0.1) is 0 Å². The third kappa shape index (κ3) is 4.81. The van der Waals surface area contributed by atoms with Gasteiger partial charge in [-0.1, -0.05) is 56.5 Å². The van der Waals surface area contributed by atoms with Crippen LogP contribution < -0.4 is 0 Å². The molecule has 0 bridgehead atoms. The Kier molecular flexibility index (Phi) is 6.63. The first-order valence-electron chi connectivity index (χ1n) is 8.69. The molecule has 1 N–H and O–H groups in total. The maximum Gasteiger partial charge on any atom is 0.307 e. The van der Waals surface area contributed by atoms with Crippen LogP contribution in [0.25, 0.3) is 0 Å². The highest BCUT2D eigenvalue weighted by Crippen LogP contribution is 2.32. The summed E-state index contributed by atoms with van der Waals surface area (Å²) in [7, 11) is 0. The van der Waals surface area contributed by atoms with Gasteiger partial charge in [-0.3, -0.25) is 9.59 Å². The fourth-order valence-electron chi connectivity index (χ4n) is 3.38. The van der Waals surface area contributed by atoms with Gasteiger partial charge in [0.05, 0.1) is 11.8 Å². The number of aliphatic carboxylic acids is 1. The van der Waals surface area contributed by atoms with Crippen LogP contribution in [0.5, 0.6) is 0 Å². The van der Waals surface area contributed by atoms with Crippen molar-refractivity contribution >= 4 is 11.9 Å². The smallest absolute Gasteiger partial charge is 0.307 e. The van der Waals surface area contributed by atoms with E-state index in [0.717, 1.165) is 31.2 Å². The lowest BCUT2D eigenvalue weighted by atomic mass is 9.78. The highest BCUT2D eigenvalue weighted by atomic mass is 16.4. The van der Waals surface area contributed by atoms with Crippen LogP contribution in [0.2, 0.25) is 0 Å². The molecule has 4 nitrogen and oxygen atoms in total. The summed E-state index contributed by atoms with van der Waals surface area (Å²) in [6.45, 7) is 3.38. The molecule has 0 radical (unpaired) electrons. The average Bonchev–Trinajstić information content (AvgIpc) is 2.58. The minimum Gasteiger partial charge on any atom is -0.481 e. The molecule has 1 fully saturated rings. The molecule has 2 atom stereocenters. The highest BCUT2D eigenvalue weighted by Gasteiger charge is 2.37. The lowest BCUT2D eigenvalue weighted by Gasteiger charge is -2.33. The summed E-state index contributed by atoms with van der Waals surface area (Å²) in [5.41, 5.74) is 1.10. The molecule has 0 spiro atoms. The number of carboxylic acids is 1. The van der Waals surface area contributed by atoms with Crippen molar-refractivity contribution < 1.29 is 14.7 Å². The van der Waals surface area contributed by atoms with Gasteiger partial charge in [0.25, 0.3) is 0 Å². The van der Waals surface area contributed by atoms with E-state index in [2.05, 4.69) is 6.92 Å². The van der Waals surface area contributed by atoms with Crippen molar-refractivity contribution in [3.05, 3.63) is 35.9 Å². The summed E-state index contributed by atoms with van der Waals surface area (Å²) < 4.78 is 0. The topological polar surface area (TPSA) is 57.6 Å². The summed E-state index contributed by atoms with van der Waals surface area (Å²) in [5, 5.41) is 9.43. The van der Waals surface area contributed by atoms with Crippen molar-refractivity contribution in [2.24, 2.45) is 11.8 Å². The fraction of sp³-hybridized carbons (Fsp3) is 0.579. The summed E-state index contributed by atoms with van der Waals surface area (Å²) in [6, 6.07) is 9.93. The Morgan fingerprint density at radius 2 is 1.78 bits per heavy atom. The van der Waals surface area contributed by atoms with Crippen LogP contribution in [-0.4, -0.2) is 28.4 Å². The largest absolute Gasteiger partial charge is 0.481 e. The number of carbonyl (C=O) groups is 2. The van der Waals surface area contributed by atoms with Crippen LogP contribution in [0.15, 0.2) is 30.3 Å².